The van der Waals surface area contributed by atoms with E-state index in [0.29, 0.717) is 12.3 Å². The third-order valence-corrected chi connectivity index (χ3v) is 7.10. The summed E-state index contributed by atoms with van der Waals surface area (Å²) in [5, 5.41) is 6.25. The molecule has 0 spiro atoms. The van der Waals surface area contributed by atoms with E-state index in [0.717, 1.165) is 35.7 Å². The molecule has 1 unspecified atom stereocenters. The molecule has 0 fully saturated rings. The van der Waals surface area contributed by atoms with Gasteiger partial charge in [0, 0.05) is 17.8 Å². The maximum absolute atomic E-state index is 11.6. The fraction of sp³-hybridized carbons (Fsp3) is 0.281. The summed E-state index contributed by atoms with van der Waals surface area (Å²) in [5.74, 6) is 1.12. The van der Waals surface area contributed by atoms with Crippen LogP contribution in [-0.4, -0.2) is 38.9 Å². The third-order valence-electron chi connectivity index (χ3n) is 7.10. The van der Waals surface area contributed by atoms with Gasteiger partial charge in [0.2, 0.25) is 0 Å². The standard InChI is InChI=1S/C32H34N2O4/c1-22-15-16-25(19-31(22)37-21-32(35)36-3)34-20-26(38-30-14-7-6-13-29(30)34)17-18-33-23(2)27-12-8-10-24-9-4-5-11-28(24)27/h4-16,19,23,26,33H,17-18,20-21H2,1-3H3/t23-,26?/m1/s1. The van der Waals surface area contributed by atoms with E-state index < -0.39 is 5.97 Å². The zero-order chi connectivity index (χ0) is 26.5. The van der Waals surface area contributed by atoms with Gasteiger partial charge in [-0.3, -0.25) is 0 Å². The van der Waals surface area contributed by atoms with Crippen molar-refractivity contribution in [2.75, 3.05) is 31.7 Å². The Morgan fingerprint density at radius 1 is 1.05 bits per heavy atom. The Bertz CT molecular complexity index is 1410. The van der Waals surface area contributed by atoms with Crippen LogP contribution in [0, 0.1) is 6.92 Å². The lowest BCUT2D eigenvalue weighted by atomic mass is 9.99. The molecular formula is C32H34N2O4. The van der Waals surface area contributed by atoms with Crippen molar-refractivity contribution in [3.8, 4) is 11.5 Å². The SMILES string of the molecule is COC(=O)COc1cc(N2CC(CCN[C@H](C)c3cccc4ccccc34)Oc3ccccc32)ccc1C. The monoisotopic (exact) mass is 510 g/mol. The highest BCUT2D eigenvalue weighted by atomic mass is 16.6. The van der Waals surface area contributed by atoms with E-state index in [4.69, 9.17) is 14.2 Å². The maximum atomic E-state index is 11.6. The largest absolute Gasteiger partial charge is 0.486 e. The van der Waals surface area contributed by atoms with Crippen molar-refractivity contribution in [2.45, 2.75) is 32.4 Å². The van der Waals surface area contributed by atoms with Crippen LogP contribution < -0.4 is 19.7 Å². The normalized spacial score (nSPS) is 15.4. The first-order valence-corrected chi connectivity index (χ1v) is 13.1. The molecule has 1 N–H and O–H groups in total. The van der Waals surface area contributed by atoms with E-state index in [9.17, 15) is 4.79 Å². The number of carbonyl (C=O) groups is 1. The number of ether oxygens (including phenoxy) is 3. The van der Waals surface area contributed by atoms with Gasteiger partial charge in [0.1, 0.15) is 17.6 Å². The number of hydrogen-bond acceptors (Lipinski definition) is 6. The lowest BCUT2D eigenvalue weighted by Crippen LogP contribution is -2.39. The Kier molecular flexibility index (Phi) is 7.80. The Hall–Kier alpha value is -4.03. The molecule has 0 saturated carbocycles. The maximum Gasteiger partial charge on any atom is 0.343 e. The second-order valence-electron chi connectivity index (χ2n) is 9.67. The topological polar surface area (TPSA) is 60.0 Å². The van der Waals surface area contributed by atoms with E-state index in [1.54, 1.807) is 0 Å². The highest BCUT2D eigenvalue weighted by Gasteiger charge is 2.27. The van der Waals surface area contributed by atoms with E-state index in [1.165, 1.54) is 23.4 Å². The number of fused-ring (bicyclic) bond motifs is 2. The van der Waals surface area contributed by atoms with E-state index in [1.807, 2.05) is 37.3 Å². The van der Waals surface area contributed by atoms with Crippen molar-refractivity contribution in [1.82, 2.24) is 5.32 Å². The number of nitrogens with one attached hydrogen (secondary N) is 1. The number of carbonyl (C=O) groups excluding carboxylic acids is 1. The molecule has 38 heavy (non-hydrogen) atoms. The molecule has 2 atom stereocenters. The van der Waals surface area contributed by atoms with E-state index in [-0.39, 0.29) is 18.8 Å². The first kappa shape index (κ1) is 25.6. The average Bonchev–Trinajstić information content (AvgIpc) is 2.95. The van der Waals surface area contributed by atoms with Gasteiger partial charge in [-0.2, -0.15) is 0 Å². The van der Waals surface area contributed by atoms with Crippen LogP contribution in [0.3, 0.4) is 0 Å². The number of esters is 1. The minimum Gasteiger partial charge on any atom is -0.486 e. The molecule has 4 aromatic carbocycles. The van der Waals surface area contributed by atoms with E-state index in [2.05, 4.69) is 71.7 Å². The molecule has 0 amide bonds. The summed E-state index contributed by atoms with van der Waals surface area (Å²) in [6.45, 7) is 5.60. The summed E-state index contributed by atoms with van der Waals surface area (Å²) in [6, 6.07) is 29.4. The lowest BCUT2D eigenvalue weighted by Gasteiger charge is -2.36. The Morgan fingerprint density at radius 2 is 1.84 bits per heavy atom. The Labute approximate surface area is 224 Å². The van der Waals surface area contributed by atoms with Crippen LogP contribution >= 0.6 is 0 Å². The highest BCUT2D eigenvalue weighted by Crippen LogP contribution is 2.40. The van der Waals surface area contributed by atoms with Crippen molar-refractivity contribution >= 4 is 28.1 Å². The molecule has 5 rings (SSSR count). The number of methoxy groups -OCH3 is 1. The van der Waals surface area contributed by atoms with Crippen LogP contribution in [0.5, 0.6) is 11.5 Å². The summed E-state index contributed by atoms with van der Waals surface area (Å²) < 4.78 is 16.9. The van der Waals surface area contributed by atoms with Crippen molar-refractivity contribution in [2.24, 2.45) is 0 Å². The summed E-state index contributed by atoms with van der Waals surface area (Å²) in [7, 11) is 1.36. The molecule has 0 aromatic heterocycles. The second-order valence-corrected chi connectivity index (χ2v) is 9.67. The molecular weight excluding hydrogens is 476 g/mol. The number of benzene rings is 4. The second kappa shape index (κ2) is 11.6. The van der Waals surface area contributed by atoms with Gasteiger partial charge in [-0.1, -0.05) is 60.7 Å². The van der Waals surface area contributed by atoms with Gasteiger partial charge in [0.15, 0.2) is 6.61 Å². The number of para-hydroxylation sites is 2. The molecule has 0 saturated heterocycles. The fourth-order valence-electron chi connectivity index (χ4n) is 5.00. The fourth-order valence-corrected chi connectivity index (χ4v) is 5.00. The molecule has 0 aliphatic carbocycles. The van der Waals surface area contributed by atoms with Crippen LogP contribution in [-0.2, 0) is 9.53 Å². The van der Waals surface area contributed by atoms with Crippen LogP contribution in [0.25, 0.3) is 10.8 Å². The van der Waals surface area contributed by atoms with Crippen LogP contribution in [0.2, 0.25) is 0 Å². The average molecular weight is 511 g/mol. The van der Waals surface area contributed by atoms with Crippen LogP contribution in [0.15, 0.2) is 84.9 Å². The van der Waals surface area contributed by atoms with Gasteiger partial charge in [-0.15, -0.1) is 0 Å². The van der Waals surface area contributed by atoms with E-state index >= 15 is 0 Å². The van der Waals surface area contributed by atoms with Gasteiger partial charge in [-0.25, -0.2) is 4.79 Å². The summed E-state index contributed by atoms with van der Waals surface area (Å²) in [5.41, 5.74) is 4.28. The molecule has 1 heterocycles. The van der Waals surface area contributed by atoms with Crippen LogP contribution in [0.1, 0.15) is 30.5 Å². The van der Waals surface area contributed by atoms with Gasteiger partial charge in [0.05, 0.1) is 19.3 Å². The zero-order valence-electron chi connectivity index (χ0n) is 22.1. The number of nitrogens with zero attached hydrogens (tertiary/aromatic N) is 1. The Balaban J connectivity index is 1.29. The Morgan fingerprint density at radius 3 is 2.71 bits per heavy atom. The molecule has 4 aromatic rings. The molecule has 1 aliphatic rings. The summed E-state index contributed by atoms with van der Waals surface area (Å²) in [6.07, 6.45) is 0.871. The third kappa shape index (κ3) is 5.60. The number of hydrogen-bond donors (Lipinski definition) is 1. The minimum atomic E-state index is -0.406. The zero-order valence-corrected chi connectivity index (χ0v) is 22.1. The van der Waals surface area contributed by atoms with Crippen molar-refractivity contribution < 1.29 is 19.0 Å². The predicted octanol–water partition coefficient (Wildman–Crippen LogP) is 6.34. The van der Waals surface area contributed by atoms with Crippen molar-refractivity contribution in [1.29, 1.82) is 0 Å². The summed E-state index contributed by atoms with van der Waals surface area (Å²) in [4.78, 5) is 13.9. The van der Waals surface area contributed by atoms with Gasteiger partial charge in [-0.05, 0) is 66.9 Å². The summed E-state index contributed by atoms with van der Waals surface area (Å²) >= 11 is 0. The molecule has 6 nitrogen and oxygen atoms in total. The first-order valence-electron chi connectivity index (χ1n) is 13.1. The van der Waals surface area contributed by atoms with Gasteiger partial charge in [0.25, 0.3) is 0 Å². The molecule has 196 valence electrons. The van der Waals surface area contributed by atoms with Crippen LogP contribution in [0.4, 0.5) is 11.4 Å². The van der Waals surface area contributed by atoms with Crippen molar-refractivity contribution in [3.63, 3.8) is 0 Å². The van der Waals surface area contributed by atoms with Gasteiger partial charge >= 0.3 is 5.97 Å². The smallest absolute Gasteiger partial charge is 0.343 e. The van der Waals surface area contributed by atoms with Crippen molar-refractivity contribution in [3.05, 3.63) is 96.1 Å². The number of anilines is 2. The molecule has 0 bridgehead atoms. The molecule has 1 aliphatic heterocycles. The molecule has 6 heteroatoms. The first-order chi connectivity index (χ1) is 18.5. The van der Waals surface area contributed by atoms with Gasteiger partial charge < -0.3 is 24.4 Å². The predicted molar refractivity (Wildman–Crippen MR) is 152 cm³/mol. The lowest BCUT2D eigenvalue weighted by molar-refractivity contribution is -0.142. The number of rotatable bonds is 9. The molecule has 0 radical (unpaired) electrons. The minimum absolute atomic E-state index is 0.0119. The quantitative estimate of drug-likeness (QED) is 0.265. The number of aryl methyl sites for hydroxylation is 1. The highest BCUT2D eigenvalue weighted by molar-refractivity contribution is 5.86.